The second-order valence-corrected chi connectivity index (χ2v) is 5.25. The van der Waals surface area contributed by atoms with Crippen LogP contribution in [0.4, 0.5) is 0 Å². The molecular formula is C17H36O11Ti. The standard InChI is InChI=1S/3C3H8O.4C2H4O2.Ti/c3*1-3(2)4;4*1-2(3)4;/h3*3-4H,1-2H3;4*1H3,(H,3,4);/q;;;;;;;+4/p-4. The van der Waals surface area contributed by atoms with Crippen LogP contribution in [-0.4, -0.2) is 57.5 Å². The third-order valence-electron chi connectivity index (χ3n) is 0. The Morgan fingerprint density at radius 2 is 0.483 bits per heavy atom. The van der Waals surface area contributed by atoms with E-state index in [2.05, 4.69) is 0 Å². The molecule has 0 aliphatic rings. The Morgan fingerprint density at radius 1 is 0.483 bits per heavy atom. The molecule has 0 spiro atoms. The van der Waals surface area contributed by atoms with Crippen molar-refractivity contribution >= 4 is 23.9 Å². The number of aliphatic carboxylic acids is 4. The fraction of sp³-hybridized carbons (Fsp3) is 0.765. The fourth-order valence-electron chi connectivity index (χ4n) is 0. The molecule has 0 bridgehead atoms. The van der Waals surface area contributed by atoms with Gasteiger partial charge in [0.05, 0.1) is 0 Å². The zero-order valence-corrected chi connectivity index (χ0v) is 20.4. The molecule has 174 valence electrons. The first-order valence-corrected chi connectivity index (χ1v) is 7.87. The van der Waals surface area contributed by atoms with E-state index in [0.717, 1.165) is 27.7 Å². The van der Waals surface area contributed by atoms with Gasteiger partial charge in [-0.05, 0) is 69.2 Å². The average Bonchev–Trinajstić information content (AvgIpc) is 2.20. The Hall–Kier alpha value is -1.53. The normalized spacial score (nSPS) is 7.17. The zero-order valence-electron chi connectivity index (χ0n) is 18.8. The van der Waals surface area contributed by atoms with Gasteiger partial charge in [0.2, 0.25) is 0 Å². The molecule has 0 aromatic rings. The van der Waals surface area contributed by atoms with E-state index in [4.69, 9.17) is 54.9 Å². The van der Waals surface area contributed by atoms with Gasteiger partial charge >= 0.3 is 21.7 Å². The topological polar surface area (TPSA) is 221 Å². The van der Waals surface area contributed by atoms with Crippen molar-refractivity contribution in [1.29, 1.82) is 0 Å². The van der Waals surface area contributed by atoms with Gasteiger partial charge in [-0.3, -0.25) is 0 Å². The molecule has 0 atom stereocenters. The van der Waals surface area contributed by atoms with Gasteiger partial charge in [-0.2, -0.15) is 0 Å². The zero-order chi connectivity index (χ0) is 25.0. The van der Waals surface area contributed by atoms with E-state index < -0.39 is 23.9 Å². The minimum absolute atomic E-state index is 0. The second kappa shape index (κ2) is 45.3. The summed E-state index contributed by atoms with van der Waals surface area (Å²) in [6.07, 6.45) is -0.500. The molecule has 0 heterocycles. The average molecular weight is 464 g/mol. The van der Waals surface area contributed by atoms with Gasteiger partial charge in [0.1, 0.15) is 0 Å². The van der Waals surface area contributed by atoms with Crippen LogP contribution in [-0.2, 0) is 40.9 Å². The molecule has 0 aliphatic heterocycles. The van der Waals surface area contributed by atoms with Crippen LogP contribution in [0.15, 0.2) is 0 Å². The van der Waals surface area contributed by atoms with Crippen LogP contribution >= 0.6 is 0 Å². The van der Waals surface area contributed by atoms with Gasteiger partial charge in [0, 0.05) is 42.2 Å². The molecule has 0 aromatic heterocycles. The second-order valence-electron chi connectivity index (χ2n) is 5.25. The van der Waals surface area contributed by atoms with Crippen LogP contribution in [0.2, 0.25) is 0 Å². The van der Waals surface area contributed by atoms with E-state index in [0.29, 0.717) is 0 Å². The van der Waals surface area contributed by atoms with Crippen molar-refractivity contribution in [2.45, 2.75) is 87.5 Å². The van der Waals surface area contributed by atoms with Gasteiger partial charge in [-0.1, -0.05) is 0 Å². The van der Waals surface area contributed by atoms with E-state index in [1.54, 1.807) is 41.5 Å². The minimum Gasteiger partial charge on any atom is -0.550 e. The number of carbonyl (C=O) groups is 4. The first kappa shape index (κ1) is 50.8. The van der Waals surface area contributed by atoms with Gasteiger partial charge in [-0.25, -0.2) is 0 Å². The fourth-order valence-corrected chi connectivity index (χ4v) is 0. The maximum Gasteiger partial charge on any atom is 4.00 e. The van der Waals surface area contributed by atoms with Crippen LogP contribution in [0, 0.1) is 0 Å². The molecule has 0 aliphatic carbocycles. The third-order valence-corrected chi connectivity index (χ3v) is 0. The first-order valence-electron chi connectivity index (χ1n) is 7.87. The van der Waals surface area contributed by atoms with Gasteiger partial charge in [0.15, 0.2) is 0 Å². The largest absolute Gasteiger partial charge is 4.00 e. The molecule has 0 amide bonds. The van der Waals surface area contributed by atoms with E-state index in [9.17, 15) is 0 Å². The quantitative estimate of drug-likeness (QED) is 0.295. The van der Waals surface area contributed by atoms with Crippen molar-refractivity contribution in [1.82, 2.24) is 0 Å². The molecule has 0 rings (SSSR count). The number of carboxylic acids is 4. The van der Waals surface area contributed by atoms with E-state index in [1.165, 1.54) is 0 Å². The summed E-state index contributed by atoms with van der Waals surface area (Å²) < 4.78 is 0. The molecule has 0 aromatic carbocycles. The third kappa shape index (κ3) is 6810. The van der Waals surface area contributed by atoms with E-state index in [-0.39, 0.29) is 40.0 Å². The smallest absolute Gasteiger partial charge is 0.550 e. The summed E-state index contributed by atoms with van der Waals surface area (Å²) in [5.74, 6) is -4.33. The minimum atomic E-state index is -1.08. The molecule has 0 saturated carbocycles. The molecule has 12 heteroatoms. The number of carboxylic acid groups (broad SMARTS) is 4. The maximum absolute atomic E-state index is 8.89. The monoisotopic (exact) mass is 464 g/mol. The molecule has 0 radical (unpaired) electrons. The molecule has 0 unspecified atom stereocenters. The van der Waals surface area contributed by atoms with Gasteiger partial charge < -0.3 is 54.9 Å². The van der Waals surface area contributed by atoms with Crippen LogP contribution in [0.1, 0.15) is 69.2 Å². The predicted molar refractivity (Wildman–Crippen MR) is 94.8 cm³/mol. The Bertz CT molecular complexity index is 258. The van der Waals surface area contributed by atoms with Crippen molar-refractivity contribution in [3.05, 3.63) is 0 Å². The van der Waals surface area contributed by atoms with Gasteiger partial charge in [0.25, 0.3) is 0 Å². The maximum atomic E-state index is 8.89. The van der Waals surface area contributed by atoms with Crippen LogP contribution < -0.4 is 20.4 Å². The predicted octanol–water partition coefficient (Wildman–Crippen LogP) is -3.82. The molecular weight excluding hydrogens is 428 g/mol. The number of hydrogen-bond donors (Lipinski definition) is 3. The molecule has 11 nitrogen and oxygen atoms in total. The summed E-state index contributed by atoms with van der Waals surface area (Å²) in [5.41, 5.74) is 0. The summed E-state index contributed by atoms with van der Waals surface area (Å²) >= 11 is 0. The van der Waals surface area contributed by atoms with Gasteiger partial charge in [-0.15, -0.1) is 0 Å². The number of hydrogen-bond acceptors (Lipinski definition) is 11. The Kier molecular flexibility index (Phi) is 79.3. The Labute approximate surface area is 188 Å². The number of rotatable bonds is 0. The molecule has 0 saturated heterocycles. The van der Waals surface area contributed by atoms with E-state index in [1.807, 2.05) is 0 Å². The Balaban J connectivity index is -0.0000000294. The van der Waals surface area contributed by atoms with Crippen molar-refractivity contribution in [2.24, 2.45) is 0 Å². The summed E-state index contributed by atoms with van der Waals surface area (Å²) in [6, 6.07) is 0. The number of aliphatic hydroxyl groups is 3. The van der Waals surface area contributed by atoms with Crippen molar-refractivity contribution in [3.8, 4) is 0 Å². The number of carbonyl (C=O) groups excluding carboxylic acids is 4. The summed E-state index contributed by atoms with van der Waals surface area (Å²) in [4.78, 5) is 35.6. The summed E-state index contributed by atoms with van der Waals surface area (Å²) in [6.45, 7) is 14.2. The van der Waals surface area contributed by atoms with Crippen LogP contribution in [0.3, 0.4) is 0 Å². The van der Waals surface area contributed by atoms with Crippen molar-refractivity contribution in [2.75, 3.05) is 0 Å². The van der Waals surface area contributed by atoms with Crippen molar-refractivity contribution in [3.63, 3.8) is 0 Å². The Morgan fingerprint density at radius 3 is 0.483 bits per heavy atom. The van der Waals surface area contributed by atoms with Crippen LogP contribution in [0.25, 0.3) is 0 Å². The molecule has 0 fully saturated rings. The van der Waals surface area contributed by atoms with E-state index >= 15 is 0 Å². The first-order chi connectivity index (χ1) is 12.1. The van der Waals surface area contributed by atoms with Crippen molar-refractivity contribution < 1.29 is 76.6 Å². The SMILES string of the molecule is CC(=O)[O-].CC(=O)[O-].CC(=O)[O-].CC(=O)[O-].CC(C)O.CC(C)O.CC(C)O.[Ti+4]. The van der Waals surface area contributed by atoms with Crippen LogP contribution in [0.5, 0.6) is 0 Å². The number of aliphatic hydroxyl groups excluding tert-OH is 3. The molecule has 3 N–H and O–H groups in total. The molecule has 29 heavy (non-hydrogen) atoms. The summed E-state index contributed by atoms with van der Waals surface area (Å²) in [5, 5.41) is 59.7. The summed E-state index contributed by atoms with van der Waals surface area (Å²) in [7, 11) is 0.